The highest BCUT2D eigenvalue weighted by molar-refractivity contribution is 6.39. The molecule has 150 valence electrons. The smallest absolute Gasteiger partial charge is 0.313 e. The SMILES string of the molecule is COc1ccc(CCNC(=O)C(=O)Nc2cc3c4c(c2)CCN4C(=O)CC3)cc1. The molecular weight excluding hydrogens is 370 g/mol. The summed E-state index contributed by atoms with van der Waals surface area (Å²) in [4.78, 5) is 38.2. The van der Waals surface area contributed by atoms with Crippen molar-refractivity contribution in [1.82, 2.24) is 5.32 Å². The van der Waals surface area contributed by atoms with Gasteiger partial charge in [0.1, 0.15) is 5.75 Å². The fourth-order valence-electron chi connectivity index (χ4n) is 3.91. The molecule has 3 amide bonds. The molecule has 0 saturated carbocycles. The zero-order valence-electron chi connectivity index (χ0n) is 16.3. The first kappa shape index (κ1) is 19.0. The number of nitrogens with one attached hydrogen (secondary N) is 2. The van der Waals surface area contributed by atoms with Gasteiger partial charge < -0.3 is 20.3 Å². The number of carbonyl (C=O) groups excluding carboxylic acids is 3. The van der Waals surface area contributed by atoms with Crippen molar-refractivity contribution in [3.05, 3.63) is 53.1 Å². The molecule has 0 saturated heterocycles. The van der Waals surface area contributed by atoms with E-state index >= 15 is 0 Å². The van der Waals surface area contributed by atoms with Crippen LogP contribution in [0.15, 0.2) is 36.4 Å². The van der Waals surface area contributed by atoms with Gasteiger partial charge in [0.15, 0.2) is 0 Å². The van der Waals surface area contributed by atoms with Crippen LogP contribution in [-0.2, 0) is 33.6 Å². The normalized spacial score (nSPS) is 14.4. The minimum absolute atomic E-state index is 0.157. The summed E-state index contributed by atoms with van der Waals surface area (Å²) in [6.45, 7) is 1.05. The second-order valence-electron chi connectivity index (χ2n) is 7.25. The second-order valence-corrected chi connectivity index (χ2v) is 7.25. The average molecular weight is 393 g/mol. The molecule has 2 N–H and O–H groups in total. The van der Waals surface area contributed by atoms with Crippen molar-refractivity contribution in [3.8, 4) is 5.75 Å². The van der Waals surface area contributed by atoms with Crippen LogP contribution in [0, 0.1) is 0 Å². The maximum atomic E-state index is 12.3. The number of aryl methyl sites for hydroxylation is 1. The van der Waals surface area contributed by atoms with Crippen LogP contribution in [0.4, 0.5) is 11.4 Å². The fraction of sp³-hybridized carbons (Fsp3) is 0.318. The van der Waals surface area contributed by atoms with Crippen molar-refractivity contribution in [2.45, 2.75) is 25.7 Å². The third-order valence-corrected chi connectivity index (χ3v) is 5.37. The highest BCUT2D eigenvalue weighted by Gasteiger charge is 2.31. The minimum Gasteiger partial charge on any atom is -0.497 e. The predicted molar refractivity (Wildman–Crippen MR) is 109 cm³/mol. The Morgan fingerprint density at radius 2 is 1.76 bits per heavy atom. The van der Waals surface area contributed by atoms with Crippen molar-refractivity contribution in [2.24, 2.45) is 0 Å². The van der Waals surface area contributed by atoms with E-state index in [1.165, 1.54) is 0 Å². The van der Waals surface area contributed by atoms with Crippen LogP contribution in [0.2, 0.25) is 0 Å². The van der Waals surface area contributed by atoms with E-state index in [9.17, 15) is 14.4 Å². The number of ether oxygens (including phenoxy) is 1. The molecule has 2 aliphatic rings. The number of benzene rings is 2. The monoisotopic (exact) mass is 393 g/mol. The summed E-state index contributed by atoms with van der Waals surface area (Å²) < 4.78 is 5.12. The molecule has 2 aromatic rings. The molecule has 0 unspecified atom stereocenters. The summed E-state index contributed by atoms with van der Waals surface area (Å²) >= 11 is 0. The van der Waals surface area contributed by atoms with Crippen LogP contribution < -0.4 is 20.3 Å². The summed E-state index contributed by atoms with van der Waals surface area (Å²) in [5.74, 6) is -0.416. The first-order valence-electron chi connectivity index (χ1n) is 9.73. The molecule has 7 heteroatoms. The van der Waals surface area contributed by atoms with Gasteiger partial charge in [-0.1, -0.05) is 12.1 Å². The number of anilines is 2. The Kier molecular flexibility index (Phi) is 5.20. The van der Waals surface area contributed by atoms with Crippen LogP contribution in [0.5, 0.6) is 5.75 Å². The summed E-state index contributed by atoms with van der Waals surface area (Å²) in [6, 6.07) is 11.3. The fourth-order valence-corrected chi connectivity index (χ4v) is 3.91. The van der Waals surface area contributed by atoms with E-state index in [1.54, 1.807) is 7.11 Å². The lowest BCUT2D eigenvalue weighted by Gasteiger charge is -2.25. The zero-order chi connectivity index (χ0) is 20.4. The Bertz CT molecular complexity index is 969. The van der Waals surface area contributed by atoms with E-state index in [0.29, 0.717) is 38.0 Å². The third-order valence-electron chi connectivity index (χ3n) is 5.37. The summed E-state index contributed by atoms with van der Waals surface area (Å²) in [5, 5.41) is 5.34. The number of methoxy groups -OCH3 is 1. The molecule has 0 bridgehead atoms. The summed E-state index contributed by atoms with van der Waals surface area (Å²) in [7, 11) is 1.61. The Hall–Kier alpha value is -3.35. The standard InChI is InChI=1S/C22H23N3O4/c1-29-18-5-2-14(3-6-18)8-10-23-21(27)22(28)24-17-12-15-4-7-19(26)25-11-9-16(13-17)20(15)25/h2-3,5-6,12-13H,4,7-11H2,1H3,(H,23,27)(H,24,28). The van der Waals surface area contributed by atoms with E-state index in [0.717, 1.165) is 34.5 Å². The predicted octanol–water partition coefficient (Wildman–Crippen LogP) is 1.83. The molecule has 0 aromatic heterocycles. The first-order valence-corrected chi connectivity index (χ1v) is 9.73. The van der Waals surface area contributed by atoms with Crippen LogP contribution >= 0.6 is 0 Å². The molecule has 0 radical (unpaired) electrons. The molecule has 0 fully saturated rings. The largest absolute Gasteiger partial charge is 0.497 e. The maximum Gasteiger partial charge on any atom is 0.313 e. The summed E-state index contributed by atoms with van der Waals surface area (Å²) in [6.07, 6.45) is 2.53. The molecule has 0 spiro atoms. The molecule has 7 nitrogen and oxygen atoms in total. The Morgan fingerprint density at radius 3 is 2.48 bits per heavy atom. The van der Waals surface area contributed by atoms with E-state index in [1.807, 2.05) is 41.3 Å². The number of rotatable bonds is 5. The van der Waals surface area contributed by atoms with Crippen LogP contribution in [0.25, 0.3) is 0 Å². The van der Waals surface area contributed by atoms with Crippen LogP contribution in [0.1, 0.15) is 23.1 Å². The van der Waals surface area contributed by atoms with Crippen molar-refractivity contribution in [2.75, 3.05) is 30.4 Å². The second kappa shape index (κ2) is 7.95. The van der Waals surface area contributed by atoms with Gasteiger partial charge in [0.05, 0.1) is 12.8 Å². The van der Waals surface area contributed by atoms with Crippen molar-refractivity contribution >= 4 is 29.1 Å². The number of carbonyl (C=O) groups is 3. The molecule has 0 atom stereocenters. The Balaban J connectivity index is 1.33. The van der Waals surface area contributed by atoms with Crippen LogP contribution in [0.3, 0.4) is 0 Å². The highest BCUT2D eigenvalue weighted by Crippen LogP contribution is 2.38. The summed E-state index contributed by atoms with van der Waals surface area (Å²) in [5.41, 5.74) is 4.73. The van der Waals surface area contributed by atoms with Gasteiger partial charge in [-0.05, 0) is 60.2 Å². The first-order chi connectivity index (χ1) is 14.0. The molecule has 2 aliphatic heterocycles. The number of hydrogen-bond donors (Lipinski definition) is 2. The van der Waals surface area contributed by atoms with Crippen molar-refractivity contribution in [3.63, 3.8) is 0 Å². The van der Waals surface area contributed by atoms with Gasteiger partial charge in [0.2, 0.25) is 5.91 Å². The molecule has 29 heavy (non-hydrogen) atoms. The van der Waals surface area contributed by atoms with Crippen molar-refractivity contribution in [1.29, 1.82) is 0 Å². The number of nitrogens with zero attached hydrogens (tertiary/aromatic N) is 1. The topological polar surface area (TPSA) is 87.7 Å². The Morgan fingerprint density at radius 1 is 1.03 bits per heavy atom. The molecule has 4 rings (SSSR count). The minimum atomic E-state index is -0.686. The maximum absolute atomic E-state index is 12.3. The molecule has 2 aromatic carbocycles. The van der Waals surface area contributed by atoms with Gasteiger partial charge >= 0.3 is 11.8 Å². The average Bonchev–Trinajstić information content (AvgIpc) is 3.16. The number of amides is 3. The van der Waals surface area contributed by atoms with Gasteiger partial charge in [-0.15, -0.1) is 0 Å². The van der Waals surface area contributed by atoms with Gasteiger partial charge in [0, 0.05) is 25.2 Å². The van der Waals surface area contributed by atoms with E-state index in [-0.39, 0.29) is 5.91 Å². The van der Waals surface area contributed by atoms with E-state index in [4.69, 9.17) is 4.74 Å². The lowest BCUT2D eigenvalue weighted by atomic mass is 9.98. The molecule has 0 aliphatic carbocycles. The zero-order valence-corrected chi connectivity index (χ0v) is 16.3. The highest BCUT2D eigenvalue weighted by atomic mass is 16.5. The number of hydrogen-bond acceptors (Lipinski definition) is 4. The quantitative estimate of drug-likeness (QED) is 0.759. The van der Waals surface area contributed by atoms with Gasteiger partial charge in [-0.2, -0.15) is 0 Å². The molecular formula is C22H23N3O4. The third kappa shape index (κ3) is 3.94. The van der Waals surface area contributed by atoms with Crippen molar-refractivity contribution < 1.29 is 19.1 Å². The Labute approximate surface area is 169 Å². The molecule has 2 heterocycles. The van der Waals surface area contributed by atoms with Gasteiger partial charge in [0.25, 0.3) is 0 Å². The lowest BCUT2D eigenvalue weighted by Crippen LogP contribution is -2.36. The van der Waals surface area contributed by atoms with Gasteiger partial charge in [-0.3, -0.25) is 14.4 Å². The van der Waals surface area contributed by atoms with E-state index < -0.39 is 11.8 Å². The van der Waals surface area contributed by atoms with E-state index in [2.05, 4.69) is 10.6 Å². The van der Waals surface area contributed by atoms with Gasteiger partial charge in [-0.25, -0.2) is 0 Å². The lowest BCUT2D eigenvalue weighted by molar-refractivity contribution is -0.136. The van der Waals surface area contributed by atoms with Crippen LogP contribution in [-0.4, -0.2) is 37.9 Å².